The molecule has 2 aliphatic rings. The zero-order valence-electron chi connectivity index (χ0n) is 10.5. The van der Waals surface area contributed by atoms with Crippen molar-refractivity contribution in [3.05, 3.63) is 29.3 Å². The first-order chi connectivity index (χ1) is 8.13. The molecule has 90 valence electrons. The van der Waals surface area contributed by atoms with Crippen molar-refractivity contribution in [3.8, 4) is 0 Å². The fourth-order valence-electron chi connectivity index (χ4n) is 2.99. The Morgan fingerprint density at radius 1 is 1.12 bits per heavy atom. The van der Waals surface area contributed by atoms with E-state index < -0.39 is 0 Å². The largest absolute Gasteiger partial charge is 0.326 e. The molecule has 17 heavy (non-hydrogen) atoms. The Balaban J connectivity index is 1.65. The summed E-state index contributed by atoms with van der Waals surface area (Å²) in [6.07, 6.45) is 3.59. The van der Waals surface area contributed by atoms with Crippen LogP contribution in [0.3, 0.4) is 0 Å². The fourth-order valence-corrected chi connectivity index (χ4v) is 2.99. The molecular weight excluding hydrogens is 210 g/mol. The first-order valence-electron chi connectivity index (χ1n) is 6.51. The standard InChI is InChI=1S/C15H19NO/c1-9-3-4-14(5-10(9)2)16-15(17)13-7-11-6-12(11)8-13/h3-5,11-13H,6-8H2,1-2H3,(H,16,17). The highest BCUT2D eigenvalue weighted by Gasteiger charge is 2.47. The lowest BCUT2D eigenvalue weighted by Gasteiger charge is -2.13. The van der Waals surface area contributed by atoms with Gasteiger partial charge in [0.25, 0.3) is 0 Å². The van der Waals surface area contributed by atoms with E-state index in [9.17, 15) is 4.79 Å². The predicted molar refractivity (Wildman–Crippen MR) is 68.9 cm³/mol. The first kappa shape index (κ1) is 10.8. The number of carbonyl (C=O) groups excluding carboxylic acids is 1. The van der Waals surface area contributed by atoms with Crippen molar-refractivity contribution in [1.82, 2.24) is 0 Å². The second-order valence-electron chi connectivity index (χ2n) is 5.71. The molecule has 2 heteroatoms. The number of hydrogen-bond donors (Lipinski definition) is 1. The van der Waals surface area contributed by atoms with Crippen LogP contribution >= 0.6 is 0 Å². The molecule has 3 rings (SSSR count). The second kappa shape index (κ2) is 3.86. The van der Waals surface area contributed by atoms with Crippen molar-refractivity contribution < 1.29 is 4.79 Å². The number of rotatable bonds is 2. The first-order valence-corrected chi connectivity index (χ1v) is 6.51. The van der Waals surface area contributed by atoms with E-state index in [2.05, 4.69) is 31.3 Å². The van der Waals surface area contributed by atoms with Crippen LogP contribution in [0.5, 0.6) is 0 Å². The molecule has 2 saturated carbocycles. The topological polar surface area (TPSA) is 29.1 Å². The van der Waals surface area contributed by atoms with Crippen LogP contribution in [-0.4, -0.2) is 5.91 Å². The van der Waals surface area contributed by atoms with Gasteiger partial charge in [-0.1, -0.05) is 6.07 Å². The summed E-state index contributed by atoms with van der Waals surface area (Å²) < 4.78 is 0. The lowest BCUT2D eigenvalue weighted by atomic mass is 10.0. The summed E-state index contributed by atoms with van der Waals surface area (Å²) in [4.78, 5) is 12.1. The van der Waals surface area contributed by atoms with Crippen molar-refractivity contribution in [1.29, 1.82) is 0 Å². The smallest absolute Gasteiger partial charge is 0.227 e. The summed E-state index contributed by atoms with van der Waals surface area (Å²) >= 11 is 0. The molecule has 2 atom stereocenters. The third-order valence-electron chi connectivity index (χ3n) is 4.39. The third-order valence-corrected chi connectivity index (χ3v) is 4.39. The van der Waals surface area contributed by atoms with E-state index in [0.717, 1.165) is 30.4 Å². The minimum Gasteiger partial charge on any atom is -0.326 e. The molecule has 0 heterocycles. The van der Waals surface area contributed by atoms with Crippen LogP contribution in [0, 0.1) is 31.6 Å². The molecule has 0 radical (unpaired) electrons. The fraction of sp³-hybridized carbons (Fsp3) is 0.533. The van der Waals surface area contributed by atoms with Crippen LogP contribution in [0.15, 0.2) is 18.2 Å². The molecule has 1 amide bonds. The average Bonchev–Trinajstić information content (AvgIpc) is 2.91. The normalized spacial score (nSPS) is 29.9. The van der Waals surface area contributed by atoms with Gasteiger partial charge in [0.05, 0.1) is 0 Å². The van der Waals surface area contributed by atoms with Gasteiger partial charge in [0, 0.05) is 11.6 Å². The van der Waals surface area contributed by atoms with E-state index >= 15 is 0 Å². The van der Waals surface area contributed by atoms with Gasteiger partial charge in [0.15, 0.2) is 0 Å². The van der Waals surface area contributed by atoms with Crippen LogP contribution in [0.25, 0.3) is 0 Å². The summed E-state index contributed by atoms with van der Waals surface area (Å²) in [5.74, 6) is 2.22. The number of nitrogens with one attached hydrogen (secondary N) is 1. The zero-order chi connectivity index (χ0) is 12.0. The molecule has 2 unspecified atom stereocenters. The molecule has 0 saturated heterocycles. The number of anilines is 1. The highest BCUT2D eigenvalue weighted by molar-refractivity contribution is 5.93. The summed E-state index contributed by atoms with van der Waals surface area (Å²) in [6, 6.07) is 6.12. The van der Waals surface area contributed by atoms with Gasteiger partial charge in [-0.15, -0.1) is 0 Å². The molecule has 1 aromatic rings. The van der Waals surface area contributed by atoms with Crippen molar-refractivity contribution in [2.75, 3.05) is 5.32 Å². The van der Waals surface area contributed by atoms with Gasteiger partial charge in [-0.25, -0.2) is 0 Å². The van der Waals surface area contributed by atoms with Crippen LogP contribution in [0.4, 0.5) is 5.69 Å². The monoisotopic (exact) mass is 229 g/mol. The Bertz CT molecular complexity index is 456. The van der Waals surface area contributed by atoms with Gasteiger partial charge in [0.1, 0.15) is 0 Å². The van der Waals surface area contributed by atoms with Gasteiger partial charge in [-0.3, -0.25) is 4.79 Å². The number of hydrogen-bond acceptors (Lipinski definition) is 1. The van der Waals surface area contributed by atoms with E-state index in [0.29, 0.717) is 0 Å². The zero-order valence-corrected chi connectivity index (χ0v) is 10.5. The van der Waals surface area contributed by atoms with Gasteiger partial charge in [-0.2, -0.15) is 0 Å². The Morgan fingerprint density at radius 3 is 2.47 bits per heavy atom. The molecule has 2 aliphatic carbocycles. The second-order valence-corrected chi connectivity index (χ2v) is 5.71. The van der Waals surface area contributed by atoms with E-state index in [1.807, 2.05) is 6.07 Å². The Hall–Kier alpha value is -1.31. The van der Waals surface area contributed by atoms with Crippen molar-refractivity contribution in [2.24, 2.45) is 17.8 Å². The summed E-state index contributed by atoms with van der Waals surface area (Å²) in [6.45, 7) is 4.17. The van der Waals surface area contributed by atoms with Crippen LogP contribution < -0.4 is 5.32 Å². The maximum atomic E-state index is 12.1. The molecule has 0 aliphatic heterocycles. The quantitative estimate of drug-likeness (QED) is 0.828. The molecule has 0 spiro atoms. The van der Waals surface area contributed by atoms with Crippen LogP contribution in [0.2, 0.25) is 0 Å². The summed E-state index contributed by atoms with van der Waals surface area (Å²) in [5.41, 5.74) is 3.45. The Labute approximate surface area is 102 Å². The number of aryl methyl sites for hydroxylation is 2. The highest BCUT2D eigenvalue weighted by atomic mass is 16.1. The molecule has 1 N–H and O–H groups in total. The number of fused-ring (bicyclic) bond motifs is 1. The van der Waals surface area contributed by atoms with E-state index in [1.165, 1.54) is 17.5 Å². The summed E-state index contributed by atoms with van der Waals surface area (Å²) in [7, 11) is 0. The Kier molecular flexibility index (Phi) is 2.46. The lowest BCUT2D eigenvalue weighted by molar-refractivity contribution is -0.120. The SMILES string of the molecule is Cc1ccc(NC(=O)C2CC3CC3C2)cc1C. The Morgan fingerprint density at radius 2 is 1.82 bits per heavy atom. The van der Waals surface area contributed by atoms with Gasteiger partial charge in [-0.05, 0) is 68.2 Å². The third kappa shape index (κ3) is 2.08. The van der Waals surface area contributed by atoms with E-state index in [-0.39, 0.29) is 11.8 Å². The molecule has 1 aromatic carbocycles. The molecule has 2 fully saturated rings. The molecule has 2 nitrogen and oxygen atoms in total. The number of carbonyl (C=O) groups is 1. The lowest BCUT2D eigenvalue weighted by Crippen LogP contribution is -2.21. The minimum atomic E-state index is 0.223. The van der Waals surface area contributed by atoms with Crippen LogP contribution in [-0.2, 0) is 4.79 Å². The van der Waals surface area contributed by atoms with E-state index in [1.54, 1.807) is 0 Å². The van der Waals surface area contributed by atoms with Gasteiger partial charge in [0.2, 0.25) is 5.91 Å². The van der Waals surface area contributed by atoms with E-state index in [4.69, 9.17) is 0 Å². The van der Waals surface area contributed by atoms with Gasteiger partial charge >= 0.3 is 0 Å². The van der Waals surface area contributed by atoms with Crippen molar-refractivity contribution in [3.63, 3.8) is 0 Å². The number of benzene rings is 1. The maximum Gasteiger partial charge on any atom is 0.227 e. The summed E-state index contributed by atoms with van der Waals surface area (Å²) in [5, 5.41) is 3.05. The molecule has 0 bridgehead atoms. The van der Waals surface area contributed by atoms with Gasteiger partial charge < -0.3 is 5.32 Å². The van der Waals surface area contributed by atoms with Crippen LogP contribution in [0.1, 0.15) is 30.4 Å². The van der Waals surface area contributed by atoms with Crippen molar-refractivity contribution >= 4 is 11.6 Å². The average molecular weight is 229 g/mol. The number of amides is 1. The highest BCUT2D eigenvalue weighted by Crippen LogP contribution is 2.54. The molecular formula is C15H19NO. The van der Waals surface area contributed by atoms with Crippen molar-refractivity contribution in [2.45, 2.75) is 33.1 Å². The maximum absolute atomic E-state index is 12.1. The minimum absolute atomic E-state index is 0.223. The molecule has 0 aromatic heterocycles. The predicted octanol–water partition coefficient (Wildman–Crippen LogP) is 3.29.